The number of methoxy groups -OCH3 is 1. The van der Waals surface area contributed by atoms with Crippen molar-refractivity contribution in [1.82, 2.24) is 0 Å². The van der Waals surface area contributed by atoms with Crippen LogP contribution in [0.5, 0.6) is 0 Å². The molecule has 0 unspecified atom stereocenters. The standard InChI is InChI=1S/C12H14ClNO4/c1-8-9(13)4-3-5-10(8)14-11(15)6-18-12(16)7-17-2/h3-5H,6-7H2,1-2H3,(H,14,15). The fourth-order valence-electron chi connectivity index (χ4n) is 1.23. The summed E-state index contributed by atoms with van der Waals surface area (Å²) in [6.07, 6.45) is 0. The average Bonchev–Trinajstić information content (AvgIpc) is 2.33. The molecule has 0 saturated carbocycles. The Morgan fingerprint density at radius 3 is 2.72 bits per heavy atom. The molecular weight excluding hydrogens is 258 g/mol. The molecule has 1 aromatic rings. The summed E-state index contributed by atoms with van der Waals surface area (Å²) in [7, 11) is 1.37. The second-order valence-corrected chi connectivity index (χ2v) is 3.96. The molecule has 0 bridgehead atoms. The highest BCUT2D eigenvalue weighted by atomic mass is 35.5. The highest BCUT2D eigenvalue weighted by Gasteiger charge is 2.09. The molecule has 18 heavy (non-hydrogen) atoms. The van der Waals surface area contributed by atoms with E-state index in [0.29, 0.717) is 10.7 Å². The largest absolute Gasteiger partial charge is 0.454 e. The fourth-order valence-corrected chi connectivity index (χ4v) is 1.41. The lowest BCUT2D eigenvalue weighted by atomic mass is 10.2. The summed E-state index contributed by atoms with van der Waals surface area (Å²) in [4.78, 5) is 22.5. The zero-order valence-corrected chi connectivity index (χ0v) is 10.9. The lowest BCUT2D eigenvalue weighted by Gasteiger charge is -2.09. The van der Waals surface area contributed by atoms with Crippen LogP contribution in [0.1, 0.15) is 5.56 Å². The Hall–Kier alpha value is -1.59. The lowest BCUT2D eigenvalue weighted by molar-refractivity contribution is -0.150. The van der Waals surface area contributed by atoms with Crippen LogP contribution in [0, 0.1) is 6.92 Å². The second kappa shape index (κ2) is 6.98. The number of nitrogens with one attached hydrogen (secondary N) is 1. The van der Waals surface area contributed by atoms with Crippen molar-refractivity contribution in [2.45, 2.75) is 6.92 Å². The van der Waals surface area contributed by atoms with Crippen molar-refractivity contribution in [1.29, 1.82) is 0 Å². The van der Waals surface area contributed by atoms with E-state index in [9.17, 15) is 9.59 Å². The highest BCUT2D eigenvalue weighted by Crippen LogP contribution is 2.22. The number of benzene rings is 1. The van der Waals surface area contributed by atoms with Crippen molar-refractivity contribution in [3.8, 4) is 0 Å². The molecule has 0 spiro atoms. The number of halogens is 1. The Morgan fingerprint density at radius 2 is 2.06 bits per heavy atom. The molecule has 5 nitrogen and oxygen atoms in total. The Kier molecular flexibility index (Phi) is 5.61. The van der Waals surface area contributed by atoms with Crippen molar-refractivity contribution in [3.05, 3.63) is 28.8 Å². The first-order chi connectivity index (χ1) is 8.54. The third-order valence-electron chi connectivity index (χ3n) is 2.17. The first-order valence-electron chi connectivity index (χ1n) is 5.24. The molecule has 0 heterocycles. The number of hydrogen-bond donors (Lipinski definition) is 1. The van der Waals surface area contributed by atoms with Gasteiger partial charge >= 0.3 is 5.97 Å². The van der Waals surface area contributed by atoms with Gasteiger partial charge in [-0.3, -0.25) is 4.79 Å². The zero-order valence-electron chi connectivity index (χ0n) is 10.2. The van der Waals surface area contributed by atoms with Gasteiger partial charge in [0.15, 0.2) is 6.61 Å². The first-order valence-corrected chi connectivity index (χ1v) is 5.62. The molecule has 0 aromatic heterocycles. The molecule has 1 amide bonds. The fraction of sp³-hybridized carbons (Fsp3) is 0.333. The van der Waals surface area contributed by atoms with Crippen LogP contribution in [0.4, 0.5) is 5.69 Å². The van der Waals surface area contributed by atoms with Crippen LogP contribution >= 0.6 is 11.6 Å². The molecule has 0 aliphatic rings. The van der Waals surface area contributed by atoms with Crippen LogP contribution in [0.25, 0.3) is 0 Å². The molecule has 1 N–H and O–H groups in total. The highest BCUT2D eigenvalue weighted by molar-refractivity contribution is 6.31. The van der Waals surface area contributed by atoms with Crippen molar-refractivity contribution in [3.63, 3.8) is 0 Å². The quantitative estimate of drug-likeness (QED) is 0.829. The minimum atomic E-state index is -0.588. The summed E-state index contributed by atoms with van der Waals surface area (Å²) in [5, 5.41) is 3.17. The summed E-state index contributed by atoms with van der Waals surface area (Å²) >= 11 is 5.91. The molecule has 0 aliphatic carbocycles. The number of rotatable bonds is 5. The average molecular weight is 272 g/mol. The van der Waals surface area contributed by atoms with Crippen LogP contribution in [0.3, 0.4) is 0 Å². The SMILES string of the molecule is COCC(=O)OCC(=O)Nc1cccc(Cl)c1C. The zero-order chi connectivity index (χ0) is 13.5. The molecule has 0 atom stereocenters. The summed E-state index contributed by atoms with van der Waals surface area (Å²) in [6.45, 7) is 1.26. The maximum absolute atomic E-state index is 11.5. The molecule has 6 heteroatoms. The van der Waals surface area contributed by atoms with Gasteiger partial charge in [-0.1, -0.05) is 17.7 Å². The summed E-state index contributed by atoms with van der Waals surface area (Å²) in [5.41, 5.74) is 1.35. The van der Waals surface area contributed by atoms with E-state index in [2.05, 4.69) is 14.8 Å². The molecule has 0 aliphatic heterocycles. The van der Waals surface area contributed by atoms with E-state index < -0.39 is 11.9 Å². The Labute approximate surface area is 110 Å². The van der Waals surface area contributed by atoms with E-state index >= 15 is 0 Å². The molecule has 1 rings (SSSR count). The molecule has 98 valence electrons. The van der Waals surface area contributed by atoms with Crippen LogP contribution in [0.15, 0.2) is 18.2 Å². The number of anilines is 1. The van der Waals surface area contributed by atoms with Crippen molar-refractivity contribution < 1.29 is 19.1 Å². The molecule has 1 aromatic carbocycles. The van der Waals surface area contributed by atoms with Gasteiger partial charge in [-0.25, -0.2) is 4.79 Å². The minimum Gasteiger partial charge on any atom is -0.454 e. The van der Waals surface area contributed by atoms with E-state index in [4.69, 9.17) is 11.6 Å². The minimum absolute atomic E-state index is 0.177. The summed E-state index contributed by atoms with van der Waals surface area (Å²) in [6, 6.07) is 5.17. The monoisotopic (exact) mass is 271 g/mol. The number of amides is 1. The number of carbonyl (C=O) groups is 2. The molecule has 0 saturated heterocycles. The van der Waals surface area contributed by atoms with Gasteiger partial charge < -0.3 is 14.8 Å². The van der Waals surface area contributed by atoms with Crippen LogP contribution in [0.2, 0.25) is 5.02 Å². The Bertz CT molecular complexity index is 448. The predicted octanol–water partition coefficient (Wildman–Crippen LogP) is 1.78. The van der Waals surface area contributed by atoms with Gasteiger partial charge in [-0.05, 0) is 24.6 Å². The Balaban J connectivity index is 2.50. The van der Waals surface area contributed by atoms with Gasteiger partial charge in [0.25, 0.3) is 5.91 Å². The Morgan fingerprint density at radius 1 is 1.33 bits per heavy atom. The third-order valence-corrected chi connectivity index (χ3v) is 2.58. The van der Waals surface area contributed by atoms with Gasteiger partial charge in [-0.15, -0.1) is 0 Å². The number of esters is 1. The lowest BCUT2D eigenvalue weighted by Crippen LogP contribution is -2.22. The maximum atomic E-state index is 11.5. The van der Waals surface area contributed by atoms with Crippen LogP contribution in [-0.4, -0.2) is 32.2 Å². The van der Waals surface area contributed by atoms with E-state index in [0.717, 1.165) is 5.56 Å². The van der Waals surface area contributed by atoms with Gasteiger partial charge in [-0.2, -0.15) is 0 Å². The van der Waals surface area contributed by atoms with E-state index in [1.807, 2.05) is 0 Å². The van der Waals surface area contributed by atoms with E-state index in [-0.39, 0.29) is 13.2 Å². The maximum Gasteiger partial charge on any atom is 0.332 e. The number of ether oxygens (including phenoxy) is 2. The van der Waals surface area contributed by atoms with Crippen LogP contribution < -0.4 is 5.32 Å². The second-order valence-electron chi connectivity index (χ2n) is 3.55. The summed E-state index contributed by atoms with van der Waals surface area (Å²) in [5.74, 6) is -1.01. The van der Waals surface area contributed by atoms with E-state index in [1.165, 1.54) is 7.11 Å². The molecule has 0 radical (unpaired) electrons. The van der Waals surface area contributed by atoms with Gasteiger partial charge in [0.1, 0.15) is 6.61 Å². The predicted molar refractivity (Wildman–Crippen MR) is 67.7 cm³/mol. The molecular formula is C12H14ClNO4. The number of hydrogen-bond acceptors (Lipinski definition) is 4. The van der Waals surface area contributed by atoms with Crippen molar-refractivity contribution >= 4 is 29.2 Å². The normalized spacial score (nSPS) is 9.94. The first kappa shape index (κ1) is 14.5. The van der Waals surface area contributed by atoms with Gasteiger partial charge in [0.05, 0.1) is 0 Å². The van der Waals surface area contributed by atoms with Crippen molar-refractivity contribution in [2.75, 3.05) is 25.6 Å². The number of carbonyl (C=O) groups excluding carboxylic acids is 2. The summed E-state index contributed by atoms with van der Waals surface area (Å²) < 4.78 is 9.24. The van der Waals surface area contributed by atoms with Crippen molar-refractivity contribution in [2.24, 2.45) is 0 Å². The van der Waals surface area contributed by atoms with Gasteiger partial charge in [0, 0.05) is 17.8 Å². The smallest absolute Gasteiger partial charge is 0.332 e. The third kappa shape index (κ3) is 4.35. The van der Waals surface area contributed by atoms with Crippen LogP contribution in [-0.2, 0) is 19.1 Å². The topological polar surface area (TPSA) is 64.6 Å². The van der Waals surface area contributed by atoms with Gasteiger partial charge in [0.2, 0.25) is 0 Å². The molecule has 0 fully saturated rings. The van der Waals surface area contributed by atoms with E-state index in [1.54, 1.807) is 25.1 Å².